The molecule has 0 bridgehead atoms. The average Bonchev–Trinajstić information content (AvgIpc) is 2.73. The summed E-state index contributed by atoms with van der Waals surface area (Å²) in [4.78, 5) is 0. The quantitative estimate of drug-likeness (QED) is 0.745. The Hall–Kier alpha value is -2.07. The minimum Gasteiger partial charge on any atom is -0.457 e. The van der Waals surface area contributed by atoms with Gasteiger partial charge in [-0.3, -0.25) is 0 Å². The maximum Gasteiger partial charge on any atom is 0.145 e. The third-order valence-corrected chi connectivity index (χ3v) is 3.29. The molecule has 0 spiro atoms. The molecule has 17 heavy (non-hydrogen) atoms. The maximum absolute atomic E-state index is 5.78. The Kier molecular flexibility index (Phi) is 2.42. The molecule has 0 amide bonds. The number of para-hydroxylation sites is 1. The van der Waals surface area contributed by atoms with E-state index in [1.54, 1.807) is 0 Å². The highest BCUT2D eigenvalue weighted by Gasteiger charge is 2.04. The highest BCUT2D eigenvalue weighted by Crippen LogP contribution is 2.30. The second-order valence-electron chi connectivity index (χ2n) is 3.64. The number of rotatable bonds is 2. The molecule has 0 unspecified atom stereocenters. The van der Waals surface area contributed by atoms with Crippen molar-refractivity contribution in [2.75, 3.05) is 5.73 Å². The zero-order valence-corrected chi connectivity index (χ0v) is 9.78. The van der Waals surface area contributed by atoms with Crippen LogP contribution in [0.25, 0.3) is 10.1 Å². The second kappa shape index (κ2) is 4.07. The second-order valence-corrected chi connectivity index (χ2v) is 4.45. The molecule has 0 atom stereocenters. The van der Waals surface area contributed by atoms with Crippen molar-refractivity contribution >= 4 is 27.4 Å². The van der Waals surface area contributed by atoms with Crippen LogP contribution in [0.5, 0.6) is 11.5 Å². The van der Waals surface area contributed by atoms with E-state index in [4.69, 9.17) is 10.5 Å². The fraction of sp³-hybridized carbons (Fsp3) is 0. The fourth-order valence-electron chi connectivity index (χ4n) is 1.62. The highest BCUT2D eigenvalue weighted by molar-refractivity contribution is 7.13. The first-order valence-electron chi connectivity index (χ1n) is 5.21. The van der Waals surface area contributed by atoms with Gasteiger partial charge in [0.1, 0.15) is 17.3 Å². The number of nitrogens with two attached hydrogens (primary N) is 1. The van der Waals surface area contributed by atoms with Gasteiger partial charge in [-0.2, -0.15) is 4.37 Å². The summed E-state index contributed by atoms with van der Waals surface area (Å²) in [7, 11) is 0. The normalized spacial score (nSPS) is 10.6. The van der Waals surface area contributed by atoms with Crippen molar-refractivity contribution in [3.8, 4) is 11.5 Å². The van der Waals surface area contributed by atoms with Crippen LogP contribution in [0.2, 0.25) is 0 Å². The molecule has 0 saturated carbocycles. The molecule has 2 N–H and O–H groups in total. The molecule has 3 aromatic rings. The lowest BCUT2D eigenvalue weighted by molar-refractivity contribution is 0.483. The molecule has 0 aliphatic rings. The number of benzene rings is 2. The lowest BCUT2D eigenvalue weighted by Crippen LogP contribution is -1.85. The number of hydrogen-bond donors (Lipinski definition) is 1. The number of nitrogen functional groups attached to an aromatic ring is 1. The molecule has 84 valence electrons. The van der Waals surface area contributed by atoms with E-state index in [0.29, 0.717) is 5.82 Å². The Labute approximate surface area is 103 Å². The van der Waals surface area contributed by atoms with Crippen LogP contribution in [0.1, 0.15) is 0 Å². The van der Waals surface area contributed by atoms with Gasteiger partial charge < -0.3 is 10.5 Å². The Balaban J connectivity index is 1.98. The van der Waals surface area contributed by atoms with Gasteiger partial charge in [-0.1, -0.05) is 18.2 Å². The van der Waals surface area contributed by atoms with Crippen LogP contribution in [0, 0.1) is 0 Å². The first-order chi connectivity index (χ1) is 8.33. The van der Waals surface area contributed by atoms with Gasteiger partial charge in [0.05, 0.1) is 4.70 Å². The molecule has 2 aromatic carbocycles. The molecule has 0 saturated heterocycles. The summed E-state index contributed by atoms with van der Waals surface area (Å²) in [6.07, 6.45) is 0. The molecule has 0 fully saturated rings. The number of anilines is 1. The molecular formula is C13H10N2OS. The smallest absolute Gasteiger partial charge is 0.145 e. The van der Waals surface area contributed by atoms with Crippen molar-refractivity contribution in [1.29, 1.82) is 0 Å². The van der Waals surface area contributed by atoms with Crippen LogP contribution in [0.3, 0.4) is 0 Å². The van der Waals surface area contributed by atoms with Crippen molar-refractivity contribution in [1.82, 2.24) is 4.37 Å². The van der Waals surface area contributed by atoms with Crippen LogP contribution in [0.4, 0.5) is 5.82 Å². The monoisotopic (exact) mass is 242 g/mol. The molecule has 0 aliphatic heterocycles. The third kappa shape index (κ3) is 1.94. The summed E-state index contributed by atoms with van der Waals surface area (Å²) in [5.41, 5.74) is 5.78. The van der Waals surface area contributed by atoms with Gasteiger partial charge in [-0.15, -0.1) is 0 Å². The van der Waals surface area contributed by atoms with Gasteiger partial charge in [-0.25, -0.2) is 0 Å². The van der Waals surface area contributed by atoms with Crippen LogP contribution in [-0.2, 0) is 0 Å². The van der Waals surface area contributed by atoms with E-state index >= 15 is 0 Å². The predicted molar refractivity (Wildman–Crippen MR) is 70.5 cm³/mol. The minimum atomic E-state index is 0.559. The topological polar surface area (TPSA) is 48.1 Å². The van der Waals surface area contributed by atoms with Crippen molar-refractivity contribution in [3.05, 3.63) is 48.5 Å². The van der Waals surface area contributed by atoms with Crippen molar-refractivity contribution in [2.45, 2.75) is 0 Å². The maximum atomic E-state index is 5.78. The lowest BCUT2D eigenvalue weighted by Gasteiger charge is -2.05. The van der Waals surface area contributed by atoms with Gasteiger partial charge >= 0.3 is 0 Å². The largest absolute Gasteiger partial charge is 0.457 e. The first kappa shape index (κ1) is 10.1. The van der Waals surface area contributed by atoms with E-state index in [1.807, 2.05) is 48.5 Å². The van der Waals surface area contributed by atoms with Crippen molar-refractivity contribution < 1.29 is 4.74 Å². The first-order valence-corrected chi connectivity index (χ1v) is 5.98. The molecular weight excluding hydrogens is 232 g/mol. The molecule has 3 nitrogen and oxygen atoms in total. The number of hydrogen-bond acceptors (Lipinski definition) is 4. The fourth-order valence-corrected chi connectivity index (χ4v) is 2.31. The lowest BCUT2D eigenvalue weighted by atomic mass is 10.2. The summed E-state index contributed by atoms with van der Waals surface area (Å²) in [6, 6.07) is 15.5. The van der Waals surface area contributed by atoms with Crippen LogP contribution >= 0.6 is 11.5 Å². The number of fused-ring (bicyclic) bond motifs is 1. The van der Waals surface area contributed by atoms with Gasteiger partial charge in [0.25, 0.3) is 0 Å². The van der Waals surface area contributed by atoms with Gasteiger partial charge in [0, 0.05) is 5.39 Å². The Morgan fingerprint density at radius 2 is 1.82 bits per heavy atom. The minimum absolute atomic E-state index is 0.559. The average molecular weight is 242 g/mol. The van der Waals surface area contributed by atoms with E-state index in [0.717, 1.165) is 21.6 Å². The van der Waals surface area contributed by atoms with E-state index in [1.165, 1.54) is 11.5 Å². The van der Waals surface area contributed by atoms with Gasteiger partial charge in [-0.05, 0) is 41.9 Å². The zero-order chi connectivity index (χ0) is 11.7. The Morgan fingerprint density at radius 1 is 1.00 bits per heavy atom. The Morgan fingerprint density at radius 3 is 2.65 bits per heavy atom. The summed E-state index contributed by atoms with van der Waals surface area (Å²) in [5.74, 6) is 2.15. The SMILES string of the molecule is Nc1nsc2ccc(Oc3ccccc3)cc12. The summed E-state index contributed by atoms with van der Waals surface area (Å²) in [5, 5.41) is 0.948. The molecule has 1 aromatic heterocycles. The zero-order valence-electron chi connectivity index (χ0n) is 8.96. The number of aromatic nitrogens is 1. The van der Waals surface area contributed by atoms with E-state index in [-0.39, 0.29) is 0 Å². The van der Waals surface area contributed by atoms with Gasteiger partial charge in [0.15, 0.2) is 0 Å². The van der Waals surface area contributed by atoms with Crippen LogP contribution in [-0.4, -0.2) is 4.37 Å². The number of ether oxygens (including phenoxy) is 1. The van der Waals surface area contributed by atoms with Crippen LogP contribution < -0.4 is 10.5 Å². The Bertz CT molecular complexity index is 649. The van der Waals surface area contributed by atoms with E-state index < -0.39 is 0 Å². The number of nitrogens with zero attached hydrogens (tertiary/aromatic N) is 1. The van der Waals surface area contributed by atoms with E-state index in [2.05, 4.69) is 4.37 Å². The third-order valence-electron chi connectivity index (χ3n) is 2.45. The molecule has 1 heterocycles. The molecule has 4 heteroatoms. The summed E-state index contributed by atoms with van der Waals surface area (Å²) < 4.78 is 10.9. The molecule has 0 aliphatic carbocycles. The standard InChI is InChI=1S/C13H10N2OS/c14-13-11-8-10(6-7-12(11)17-15-13)16-9-4-2-1-3-5-9/h1-8H,(H2,14,15). The molecule has 0 radical (unpaired) electrons. The van der Waals surface area contributed by atoms with Crippen molar-refractivity contribution in [2.24, 2.45) is 0 Å². The van der Waals surface area contributed by atoms with Crippen molar-refractivity contribution in [3.63, 3.8) is 0 Å². The molecule has 3 rings (SSSR count). The predicted octanol–water partition coefficient (Wildman–Crippen LogP) is 3.67. The van der Waals surface area contributed by atoms with E-state index in [9.17, 15) is 0 Å². The summed E-state index contributed by atoms with van der Waals surface area (Å²) in [6.45, 7) is 0. The van der Waals surface area contributed by atoms with Crippen LogP contribution in [0.15, 0.2) is 48.5 Å². The summed E-state index contributed by atoms with van der Waals surface area (Å²) >= 11 is 1.40. The highest BCUT2D eigenvalue weighted by atomic mass is 32.1. The van der Waals surface area contributed by atoms with Gasteiger partial charge in [0.2, 0.25) is 0 Å².